The molecule has 2 fully saturated rings. The number of piperidine rings is 1. The van der Waals surface area contributed by atoms with Gasteiger partial charge in [0.15, 0.2) is 0 Å². The minimum atomic E-state index is 0.475. The van der Waals surface area contributed by atoms with Crippen molar-refractivity contribution in [3.8, 4) is 0 Å². The largest absolute Gasteiger partial charge is 0.378 e. The summed E-state index contributed by atoms with van der Waals surface area (Å²) in [6.07, 6.45) is 3.91. The van der Waals surface area contributed by atoms with Crippen LogP contribution >= 0.6 is 0 Å². The lowest BCUT2D eigenvalue weighted by Crippen LogP contribution is -2.52. The summed E-state index contributed by atoms with van der Waals surface area (Å²) in [5, 5.41) is 3.54. The van der Waals surface area contributed by atoms with E-state index >= 15 is 0 Å². The first kappa shape index (κ1) is 12.3. The lowest BCUT2D eigenvalue weighted by atomic mass is 9.82. The van der Waals surface area contributed by atoms with E-state index in [1.54, 1.807) is 0 Å². The van der Waals surface area contributed by atoms with Crippen molar-refractivity contribution >= 4 is 0 Å². The van der Waals surface area contributed by atoms with Crippen molar-refractivity contribution in [1.29, 1.82) is 0 Å². The molecule has 3 heteroatoms. The highest BCUT2D eigenvalue weighted by Crippen LogP contribution is 2.28. The van der Waals surface area contributed by atoms with Crippen LogP contribution in [0, 0.1) is 5.41 Å². The van der Waals surface area contributed by atoms with Gasteiger partial charge in [0.1, 0.15) is 0 Å². The van der Waals surface area contributed by atoms with Gasteiger partial charge in [0.2, 0.25) is 0 Å². The van der Waals surface area contributed by atoms with Gasteiger partial charge in [-0.2, -0.15) is 0 Å². The molecule has 0 aromatic carbocycles. The van der Waals surface area contributed by atoms with Crippen molar-refractivity contribution in [2.75, 3.05) is 39.4 Å². The van der Waals surface area contributed by atoms with E-state index in [0.29, 0.717) is 11.5 Å². The van der Waals surface area contributed by atoms with Crippen LogP contribution in [0.15, 0.2) is 0 Å². The molecule has 2 unspecified atom stereocenters. The Balaban J connectivity index is 1.90. The van der Waals surface area contributed by atoms with E-state index in [4.69, 9.17) is 4.74 Å². The van der Waals surface area contributed by atoms with E-state index in [1.165, 1.54) is 38.9 Å². The summed E-state index contributed by atoms with van der Waals surface area (Å²) in [6.45, 7) is 11.3. The molecule has 0 aliphatic carbocycles. The zero-order chi connectivity index (χ0) is 11.4. The number of nitrogens with one attached hydrogen (secondary N) is 1. The molecule has 0 saturated carbocycles. The SMILES string of the molecule is CCC1COCCN1CC1(C)CCCNC1. The summed E-state index contributed by atoms with van der Waals surface area (Å²) in [6, 6.07) is 0.646. The Morgan fingerprint density at radius 1 is 1.50 bits per heavy atom. The molecule has 0 aromatic heterocycles. The van der Waals surface area contributed by atoms with Gasteiger partial charge in [0.25, 0.3) is 0 Å². The Morgan fingerprint density at radius 3 is 3.06 bits per heavy atom. The summed E-state index contributed by atoms with van der Waals surface area (Å²) in [5.41, 5.74) is 0.475. The first-order valence-electron chi connectivity index (χ1n) is 6.76. The number of rotatable bonds is 3. The predicted octanol–water partition coefficient (Wildman–Crippen LogP) is 1.49. The molecule has 2 heterocycles. The second-order valence-electron chi connectivity index (χ2n) is 5.70. The minimum Gasteiger partial charge on any atom is -0.378 e. The van der Waals surface area contributed by atoms with Crippen LogP contribution in [0.3, 0.4) is 0 Å². The van der Waals surface area contributed by atoms with E-state index in [0.717, 1.165) is 19.8 Å². The first-order valence-corrected chi connectivity index (χ1v) is 6.76. The summed E-state index contributed by atoms with van der Waals surface area (Å²) in [5.74, 6) is 0. The van der Waals surface area contributed by atoms with Gasteiger partial charge in [-0.3, -0.25) is 4.90 Å². The maximum absolute atomic E-state index is 5.57. The van der Waals surface area contributed by atoms with Crippen LogP contribution in [0.25, 0.3) is 0 Å². The molecule has 0 radical (unpaired) electrons. The molecule has 16 heavy (non-hydrogen) atoms. The van der Waals surface area contributed by atoms with Crippen LogP contribution in [0.1, 0.15) is 33.1 Å². The van der Waals surface area contributed by atoms with E-state index in [2.05, 4.69) is 24.1 Å². The normalized spacial score (nSPS) is 37.5. The molecule has 2 saturated heterocycles. The monoisotopic (exact) mass is 226 g/mol. The zero-order valence-corrected chi connectivity index (χ0v) is 10.8. The van der Waals surface area contributed by atoms with Gasteiger partial charge in [-0.15, -0.1) is 0 Å². The van der Waals surface area contributed by atoms with E-state index in [9.17, 15) is 0 Å². The predicted molar refractivity (Wildman–Crippen MR) is 66.7 cm³/mol. The topological polar surface area (TPSA) is 24.5 Å². The lowest BCUT2D eigenvalue weighted by Gasteiger charge is -2.43. The summed E-state index contributed by atoms with van der Waals surface area (Å²) in [7, 11) is 0. The van der Waals surface area contributed by atoms with Crippen molar-refractivity contribution < 1.29 is 4.74 Å². The van der Waals surface area contributed by atoms with Crippen molar-refractivity contribution in [1.82, 2.24) is 10.2 Å². The molecule has 2 aliphatic rings. The van der Waals surface area contributed by atoms with Gasteiger partial charge >= 0.3 is 0 Å². The molecule has 0 amide bonds. The van der Waals surface area contributed by atoms with Crippen LogP contribution < -0.4 is 5.32 Å². The fraction of sp³-hybridized carbons (Fsp3) is 1.00. The highest BCUT2D eigenvalue weighted by Gasteiger charge is 2.32. The molecule has 2 atom stereocenters. The Kier molecular flexibility index (Phi) is 4.22. The maximum atomic E-state index is 5.57. The molecule has 0 bridgehead atoms. The fourth-order valence-corrected chi connectivity index (χ4v) is 3.02. The third kappa shape index (κ3) is 2.96. The van der Waals surface area contributed by atoms with E-state index in [-0.39, 0.29) is 0 Å². The highest BCUT2D eigenvalue weighted by atomic mass is 16.5. The van der Waals surface area contributed by atoms with Crippen LogP contribution in [0.2, 0.25) is 0 Å². The molecular weight excluding hydrogens is 200 g/mol. The van der Waals surface area contributed by atoms with Gasteiger partial charge in [0.05, 0.1) is 13.2 Å². The van der Waals surface area contributed by atoms with Crippen LogP contribution in [-0.2, 0) is 4.74 Å². The lowest BCUT2D eigenvalue weighted by molar-refractivity contribution is -0.0290. The summed E-state index contributed by atoms with van der Waals surface area (Å²) >= 11 is 0. The van der Waals surface area contributed by atoms with Crippen LogP contribution in [0.4, 0.5) is 0 Å². The first-order chi connectivity index (χ1) is 7.73. The number of hydrogen-bond donors (Lipinski definition) is 1. The number of ether oxygens (including phenoxy) is 1. The Labute approximate surface area is 99.5 Å². The van der Waals surface area contributed by atoms with Crippen molar-refractivity contribution in [3.63, 3.8) is 0 Å². The smallest absolute Gasteiger partial charge is 0.0622 e. The average Bonchev–Trinajstić information content (AvgIpc) is 2.30. The Bertz CT molecular complexity index is 214. The quantitative estimate of drug-likeness (QED) is 0.789. The van der Waals surface area contributed by atoms with Crippen molar-refractivity contribution in [2.24, 2.45) is 5.41 Å². The van der Waals surface area contributed by atoms with Gasteiger partial charge in [-0.05, 0) is 31.2 Å². The molecule has 3 nitrogen and oxygen atoms in total. The average molecular weight is 226 g/mol. The summed E-state index contributed by atoms with van der Waals surface area (Å²) < 4.78 is 5.57. The van der Waals surface area contributed by atoms with Crippen molar-refractivity contribution in [2.45, 2.75) is 39.2 Å². The Hall–Kier alpha value is -0.120. The maximum Gasteiger partial charge on any atom is 0.0622 e. The zero-order valence-electron chi connectivity index (χ0n) is 10.8. The van der Waals surface area contributed by atoms with Gasteiger partial charge in [-0.25, -0.2) is 0 Å². The standard InChI is InChI=1S/C13H26N2O/c1-3-12-9-16-8-7-15(12)11-13(2)5-4-6-14-10-13/h12,14H,3-11H2,1-2H3. The molecule has 94 valence electrons. The van der Waals surface area contributed by atoms with Gasteiger partial charge in [0, 0.05) is 25.7 Å². The van der Waals surface area contributed by atoms with Crippen LogP contribution in [0.5, 0.6) is 0 Å². The third-order valence-corrected chi connectivity index (χ3v) is 4.09. The third-order valence-electron chi connectivity index (χ3n) is 4.09. The number of nitrogens with zero attached hydrogens (tertiary/aromatic N) is 1. The van der Waals surface area contributed by atoms with Gasteiger partial charge in [-0.1, -0.05) is 13.8 Å². The number of morpholine rings is 1. The number of hydrogen-bond acceptors (Lipinski definition) is 3. The minimum absolute atomic E-state index is 0.475. The highest BCUT2D eigenvalue weighted by molar-refractivity contribution is 4.87. The van der Waals surface area contributed by atoms with Crippen LogP contribution in [-0.4, -0.2) is 50.3 Å². The second kappa shape index (κ2) is 5.48. The van der Waals surface area contributed by atoms with Crippen molar-refractivity contribution in [3.05, 3.63) is 0 Å². The molecule has 2 aliphatic heterocycles. The Morgan fingerprint density at radius 2 is 2.38 bits per heavy atom. The molecule has 0 spiro atoms. The van der Waals surface area contributed by atoms with Gasteiger partial charge < -0.3 is 10.1 Å². The van der Waals surface area contributed by atoms with E-state index in [1.807, 2.05) is 0 Å². The van der Waals surface area contributed by atoms with E-state index < -0.39 is 0 Å². The molecule has 1 N–H and O–H groups in total. The second-order valence-corrected chi connectivity index (χ2v) is 5.70. The molecule has 0 aromatic rings. The fourth-order valence-electron chi connectivity index (χ4n) is 3.02. The molecule has 2 rings (SSSR count). The molecular formula is C13H26N2O. The summed E-state index contributed by atoms with van der Waals surface area (Å²) in [4.78, 5) is 2.65.